The molecule has 18 heavy (non-hydrogen) atoms. The number of nitrogens with two attached hydrogens (primary N) is 1. The van der Waals surface area contributed by atoms with Gasteiger partial charge < -0.3 is 5.73 Å². The molecule has 2 unspecified atom stereocenters. The van der Waals surface area contributed by atoms with Crippen molar-refractivity contribution in [2.75, 3.05) is 13.1 Å². The van der Waals surface area contributed by atoms with E-state index in [1.807, 2.05) is 0 Å². The van der Waals surface area contributed by atoms with Gasteiger partial charge in [0.2, 0.25) is 0 Å². The van der Waals surface area contributed by atoms with Crippen molar-refractivity contribution in [3.8, 4) is 0 Å². The van der Waals surface area contributed by atoms with Crippen molar-refractivity contribution in [3.05, 3.63) is 34.3 Å². The van der Waals surface area contributed by atoms with E-state index in [2.05, 4.69) is 52.0 Å². The van der Waals surface area contributed by atoms with Gasteiger partial charge in [0, 0.05) is 16.6 Å². The molecule has 1 saturated heterocycles. The number of hydrogen-bond acceptors (Lipinski definition) is 2. The molecule has 2 nitrogen and oxygen atoms in total. The molecule has 100 valence electrons. The third-order valence-corrected chi connectivity index (χ3v) is 4.22. The molecule has 0 amide bonds. The minimum absolute atomic E-state index is 0.164. The largest absolute Gasteiger partial charge is 0.326 e. The van der Waals surface area contributed by atoms with Gasteiger partial charge in [-0.05, 0) is 50.6 Å². The molecule has 1 aliphatic heterocycles. The standard InChI is InChI=1S/C15H23BrN2/c1-12(17)15(13-7-6-8-14(16)11-13)18-9-4-2-3-5-10-18/h6-8,11-12,15H,2-5,9-10,17H2,1H3. The summed E-state index contributed by atoms with van der Waals surface area (Å²) in [4.78, 5) is 2.57. The summed E-state index contributed by atoms with van der Waals surface area (Å²) in [5, 5.41) is 0. The van der Waals surface area contributed by atoms with Crippen LogP contribution in [-0.2, 0) is 0 Å². The Morgan fingerprint density at radius 1 is 1.17 bits per heavy atom. The maximum Gasteiger partial charge on any atom is 0.0496 e. The summed E-state index contributed by atoms with van der Waals surface area (Å²) in [6.07, 6.45) is 5.33. The van der Waals surface area contributed by atoms with Crippen molar-refractivity contribution in [2.24, 2.45) is 5.73 Å². The number of likely N-dealkylation sites (tertiary alicyclic amines) is 1. The average Bonchev–Trinajstić information content (AvgIpc) is 2.58. The fraction of sp³-hybridized carbons (Fsp3) is 0.600. The highest BCUT2D eigenvalue weighted by Crippen LogP contribution is 2.28. The second kappa shape index (κ2) is 6.69. The summed E-state index contributed by atoms with van der Waals surface area (Å²) in [7, 11) is 0. The van der Waals surface area contributed by atoms with E-state index in [1.54, 1.807) is 0 Å². The van der Waals surface area contributed by atoms with Crippen molar-refractivity contribution < 1.29 is 0 Å². The van der Waals surface area contributed by atoms with Crippen LogP contribution < -0.4 is 5.73 Å². The first-order valence-corrected chi connectivity index (χ1v) is 7.73. The zero-order valence-corrected chi connectivity index (χ0v) is 12.7. The van der Waals surface area contributed by atoms with Crippen molar-refractivity contribution in [1.82, 2.24) is 4.90 Å². The molecule has 0 radical (unpaired) electrons. The number of hydrogen-bond donors (Lipinski definition) is 1. The van der Waals surface area contributed by atoms with Crippen molar-refractivity contribution >= 4 is 15.9 Å². The molecule has 0 aromatic heterocycles. The summed E-state index contributed by atoms with van der Waals surface area (Å²) in [6, 6.07) is 9.09. The minimum Gasteiger partial charge on any atom is -0.326 e. The van der Waals surface area contributed by atoms with Gasteiger partial charge in [0.05, 0.1) is 0 Å². The predicted molar refractivity (Wildman–Crippen MR) is 80.6 cm³/mol. The summed E-state index contributed by atoms with van der Waals surface area (Å²) in [5.74, 6) is 0. The second-order valence-corrected chi connectivity index (χ2v) is 6.22. The molecule has 0 saturated carbocycles. The van der Waals surface area contributed by atoms with E-state index in [0.29, 0.717) is 6.04 Å². The van der Waals surface area contributed by atoms with Crippen LogP contribution in [-0.4, -0.2) is 24.0 Å². The van der Waals surface area contributed by atoms with E-state index in [-0.39, 0.29) is 6.04 Å². The lowest BCUT2D eigenvalue weighted by Gasteiger charge is -2.34. The predicted octanol–water partition coefficient (Wildman–Crippen LogP) is 3.71. The number of nitrogens with zero attached hydrogens (tertiary/aromatic N) is 1. The number of rotatable bonds is 3. The highest BCUT2D eigenvalue weighted by Gasteiger charge is 2.24. The van der Waals surface area contributed by atoms with Gasteiger partial charge in [-0.3, -0.25) is 4.90 Å². The molecule has 3 heteroatoms. The molecule has 1 heterocycles. The smallest absolute Gasteiger partial charge is 0.0496 e. The molecule has 1 aliphatic rings. The van der Waals surface area contributed by atoms with Crippen molar-refractivity contribution in [3.63, 3.8) is 0 Å². The molecule has 0 aliphatic carbocycles. The van der Waals surface area contributed by atoms with Crippen LogP contribution in [0.5, 0.6) is 0 Å². The lowest BCUT2D eigenvalue weighted by atomic mass is 9.99. The van der Waals surface area contributed by atoms with Gasteiger partial charge >= 0.3 is 0 Å². The van der Waals surface area contributed by atoms with Gasteiger partial charge in [-0.15, -0.1) is 0 Å². The molecule has 1 fully saturated rings. The van der Waals surface area contributed by atoms with Gasteiger partial charge in [-0.25, -0.2) is 0 Å². The van der Waals surface area contributed by atoms with E-state index in [9.17, 15) is 0 Å². The summed E-state index contributed by atoms with van der Waals surface area (Å²) >= 11 is 3.56. The summed E-state index contributed by atoms with van der Waals surface area (Å²) in [5.41, 5.74) is 7.58. The SMILES string of the molecule is CC(N)C(c1cccc(Br)c1)N1CCCCCC1. The first-order valence-electron chi connectivity index (χ1n) is 6.93. The van der Waals surface area contributed by atoms with E-state index < -0.39 is 0 Å². The van der Waals surface area contributed by atoms with Crippen LogP contribution in [0.3, 0.4) is 0 Å². The molecule has 1 aromatic rings. The third kappa shape index (κ3) is 3.56. The second-order valence-electron chi connectivity index (χ2n) is 5.31. The molecule has 2 atom stereocenters. The Bertz CT molecular complexity index is 371. The van der Waals surface area contributed by atoms with E-state index in [1.165, 1.54) is 44.3 Å². The maximum atomic E-state index is 6.24. The highest BCUT2D eigenvalue weighted by atomic mass is 79.9. The Hall–Kier alpha value is -0.380. The average molecular weight is 311 g/mol. The highest BCUT2D eigenvalue weighted by molar-refractivity contribution is 9.10. The van der Waals surface area contributed by atoms with Crippen molar-refractivity contribution in [2.45, 2.75) is 44.7 Å². The molecule has 0 bridgehead atoms. The lowest BCUT2D eigenvalue weighted by Crippen LogP contribution is -2.40. The van der Waals surface area contributed by atoms with Crippen LogP contribution in [0, 0.1) is 0 Å². The number of benzene rings is 1. The van der Waals surface area contributed by atoms with Crippen LogP contribution in [0.1, 0.15) is 44.2 Å². The zero-order valence-electron chi connectivity index (χ0n) is 11.1. The van der Waals surface area contributed by atoms with Crippen molar-refractivity contribution in [1.29, 1.82) is 0 Å². The van der Waals surface area contributed by atoms with E-state index in [4.69, 9.17) is 5.73 Å². The Morgan fingerprint density at radius 2 is 1.83 bits per heavy atom. The van der Waals surface area contributed by atoms with Crippen LogP contribution in [0.4, 0.5) is 0 Å². The Labute approximate surface area is 119 Å². The van der Waals surface area contributed by atoms with Crippen LogP contribution in [0.15, 0.2) is 28.7 Å². The van der Waals surface area contributed by atoms with Gasteiger partial charge in [-0.1, -0.05) is 40.9 Å². The zero-order chi connectivity index (χ0) is 13.0. The topological polar surface area (TPSA) is 29.3 Å². The van der Waals surface area contributed by atoms with E-state index >= 15 is 0 Å². The molecule has 0 spiro atoms. The van der Waals surface area contributed by atoms with Gasteiger partial charge in [0.25, 0.3) is 0 Å². The third-order valence-electron chi connectivity index (χ3n) is 3.72. The molecular formula is C15H23BrN2. The summed E-state index contributed by atoms with van der Waals surface area (Å²) < 4.78 is 1.14. The first kappa shape index (κ1) is 14.0. The lowest BCUT2D eigenvalue weighted by molar-refractivity contribution is 0.183. The fourth-order valence-corrected chi connectivity index (χ4v) is 3.33. The van der Waals surface area contributed by atoms with Crippen LogP contribution in [0.2, 0.25) is 0 Å². The number of halogens is 1. The Balaban J connectivity index is 2.21. The monoisotopic (exact) mass is 310 g/mol. The molecule has 2 rings (SSSR count). The molecule has 2 N–H and O–H groups in total. The van der Waals surface area contributed by atoms with Crippen LogP contribution in [0.25, 0.3) is 0 Å². The van der Waals surface area contributed by atoms with Gasteiger partial charge in [0.15, 0.2) is 0 Å². The fourth-order valence-electron chi connectivity index (χ4n) is 2.91. The van der Waals surface area contributed by atoms with Gasteiger partial charge in [-0.2, -0.15) is 0 Å². The van der Waals surface area contributed by atoms with Crippen LogP contribution >= 0.6 is 15.9 Å². The first-order chi connectivity index (χ1) is 8.68. The van der Waals surface area contributed by atoms with Gasteiger partial charge in [0.1, 0.15) is 0 Å². The molecular weight excluding hydrogens is 288 g/mol. The normalized spacial score (nSPS) is 21.3. The minimum atomic E-state index is 0.164. The molecule has 1 aromatic carbocycles. The van der Waals surface area contributed by atoms with E-state index in [0.717, 1.165) is 4.47 Å². The quantitative estimate of drug-likeness (QED) is 0.922. The maximum absolute atomic E-state index is 6.24. The Kier molecular flexibility index (Phi) is 5.22. The summed E-state index contributed by atoms with van der Waals surface area (Å²) in [6.45, 7) is 4.48. The Morgan fingerprint density at radius 3 is 2.39 bits per heavy atom.